The highest BCUT2D eigenvalue weighted by atomic mass is 32.1. The molecule has 0 saturated heterocycles. The lowest BCUT2D eigenvalue weighted by atomic mass is 9.99. The van der Waals surface area contributed by atoms with Crippen molar-refractivity contribution in [3.8, 4) is 0 Å². The molecule has 1 amide bonds. The molecule has 0 saturated carbocycles. The molecule has 0 radical (unpaired) electrons. The van der Waals surface area contributed by atoms with Gasteiger partial charge in [-0.2, -0.15) is 0 Å². The fourth-order valence-corrected chi connectivity index (χ4v) is 5.03. The van der Waals surface area contributed by atoms with E-state index in [-0.39, 0.29) is 11.7 Å². The summed E-state index contributed by atoms with van der Waals surface area (Å²) >= 11 is 1.80. The topological polar surface area (TPSA) is 23.6 Å². The fourth-order valence-electron chi connectivity index (χ4n) is 4.10. The number of carbonyl (C=O) groups is 1. The zero-order valence-electron chi connectivity index (χ0n) is 17.1. The van der Waals surface area contributed by atoms with E-state index in [1.54, 1.807) is 18.3 Å². The van der Waals surface area contributed by atoms with Gasteiger partial charge in [-0.25, -0.2) is 4.39 Å². The highest BCUT2D eigenvalue weighted by Crippen LogP contribution is 2.27. The number of thiophene rings is 1. The third kappa shape index (κ3) is 4.30. The van der Waals surface area contributed by atoms with Crippen LogP contribution in [0.4, 0.5) is 4.39 Å². The van der Waals surface area contributed by atoms with E-state index in [1.165, 1.54) is 16.5 Å². The van der Waals surface area contributed by atoms with Crippen molar-refractivity contribution in [2.75, 3.05) is 26.2 Å². The average molecular weight is 411 g/mol. The molecule has 0 fully saturated rings. The third-order valence-electron chi connectivity index (χ3n) is 5.89. The average Bonchev–Trinajstić information content (AvgIpc) is 3.08. The molecule has 5 heteroatoms. The molecule has 29 heavy (non-hydrogen) atoms. The molecule has 1 aromatic heterocycles. The number of benzene rings is 1. The minimum Gasteiger partial charge on any atom is -0.362 e. The predicted molar refractivity (Wildman–Crippen MR) is 117 cm³/mol. The quantitative estimate of drug-likeness (QED) is 0.722. The monoisotopic (exact) mass is 410 g/mol. The Kier molecular flexibility index (Phi) is 5.86. The van der Waals surface area contributed by atoms with Gasteiger partial charge in [-0.15, -0.1) is 11.3 Å². The summed E-state index contributed by atoms with van der Waals surface area (Å²) in [7, 11) is 0. The first kappa shape index (κ1) is 19.9. The number of halogens is 1. The maximum absolute atomic E-state index is 13.6. The summed E-state index contributed by atoms with van der Waals surface area (Å²) in [4.78, 5) is 18.6. The molecule has 2 aliphatic heterocycles. The van der Waals surface area contributed by atoms with Crippen LogP contribution >= 0.6 is 11.3 Å². The molecule has 3 nitrogen and oxygen atoms in total. The lowest BCUT2D eigenvalue weighted by molar-refractivity contribution is -0.131. The van der Waals surface area contributed by atoms with Crippen molar-refractivity contribution in [1.29, 1.82) is 0 Å². The summed E-state index contributed by atoms with van der Waals surface area (Å²) in [5, 5.41) is 2.15. The smallest absolute Gasteiger partial charge is 0.242 e. The number of carbonyl (C=O) groups excluding carboxylic acids is 1. The Morgan fingerprint density at radius 1 is 1.21 bits per heavy atom. The Bertz CT molecular complexity index is 953. The van der Waals surface area contributed by atoms with Gasteiger partial charge in [0.1, 0.15) is 5.82 Å². The van der Waals surface area contributed by atoms with Gasteiger partial charge in [0.15, 0.2) is 0 Å². The number of amides is 1. The van der Waals surface area contributed by atoms with Crippen molar-refractivity contribution in [3.63, 3.8) is 0 Å². The Balaban J connectivity index is 1.42. The van der Waals surface area contributed by atoms with Crippen LogP contribution in [0.1, 0.15) is 34.9 Å². The Morgan fingerprint density at radius 3 is 2.83 bits per heavy atom. The minimum atomic E-state index is -0.177. The van der Waals surface area contributed by atoms with Crippen LogP contribution in [0.15, 0.2) is 47.5 Å². The zero-order chi connectivity index (χ0) is 20.4. The summed E-state index contributed by atoms with van der Waals surface area (Å²) in [6, 6.07) is 7.44. The van der Waals surface area contributed by atoms with E-state index in [0.29, 0.717) is 18.7 Å². The van der Waals surface area contributed by atoms with Gasteiger partial charge in [0.2, 0.25) is 5.91 Å². The maximum Gasteiger partial charge on any atom is 0.242 e. The van der Waals surface area contributed by atoms with E-state index in [0.717, 1.165) is 49.2 Å². The summed E-state index contributed by atoms with van der Waals surface area (Å²) in [5.74, 6) is 0.0258. The normalized spacial score (nSPS) is 16.8. The van der Waals surface area contributed by atoms with Crippen molar-refractivity contribution in [3.05, 3.63) is 74.9 Å². The molecule has 0 bridgehead atoms. The van der Waals surface area contributed by atoms with Crippen LogP contribution in [-0.4, -0.2) is 41.9 Å². The van der Waals surface area contributed by atoms with E-state index in [2.05, 4.69) is 35.4 Å². The molecule has 1 aromatic carbocycles. The van der Waals surface area contributed by atoms with E-state index in [4.69, 9.17) is 0 Å². The van der Waals surface area contributed by atoms with Crippen LogP contribution in [0, 0.1) is 12.7 Å². The molecule has 0 N–H and O–H groups in total. The molecule has 0 unspecified atom stereocenters. The Hall–Kier alpha value is -2.40. The van der Waals surface area contributed by atoms with Crippen LogP contribution in [0.3, 0.4) is 0 Å². The molecular weight excluding hydrogens is 383 g/mol. The number of aryl methyl sites for hydroxylation is 1. The molecular formula is C24H27FN2OS. The number of fused-ring (bicyclic) bond motifs is 1. The SMILES string of the molecule is CCC1=CC(c2ccc(F)c(C)c2)=CCN1CC(=O)N1CCc2ccsc2CC1. The Labute approximate surface area is 176 Å². The molecule has 0 spiro atoms. The van der Waals surface area contributed by atoms with E-state index >= 15 is 0 Å². The second kappa shape index (κ2) is 8.54. The number of nitrogens with zero attached hydrogens (tertiary/aromatic N) is 2. The van der Waals surface area contributed by atoms with Crippen LogP contribution in [0.25, 0.3) is 5.57 Å². The maximum atomic E-state index is 13.6. The lowest BCUT2D eigenvalue weighted by Crippen LogP contribution is -2.41. The van der Waals surface area contributed by atoms with Crippen LogP contribution in [0.2, 0.25) is 0 Å². The van der Waals surface area contributed by atoms with Gasteiger partial charge in [0.25, 0.3) is 0 Å². The highest BCUT2D eigenvalue weighted by Gasteiger charge is 2.23. The first-order valence-corrected chi connectivity index (χ1v) is 11.2. The van der Waals surface area contributed by atoms with Crippen LogP contribution in [0.5, 0.6) is 0 Å². The molecule has 2 aromatic rings. The first-order valence-electron chi connectivity index (χ1n) is 10.3. The molecule has 2 aliphatic rings. The predicted octanol–water partition coefficient (Wildman–Crippen LogP) is 4.82. The lowest BCUT2D eigenvalue weighted by Gasteiger charge is -2.31. The highest BCUT2D eigenvalue weighted by molar-refractivity contribution is 7.10. The molecule has 0 aliphatic carbocycles. The van der Waals surface area contributed by atoms with Gasteiger partial charge < -0.3 is 9.80 Å². The molecule has 4 rings (SSSR count). The van der Waals surface area contributed by atoms with Gasteiger partial charge in [0.05, 0.1) is 6.54 Å². The van der Waals surface area contributed by atoms with Crippen molar-refractivity contribution >= 4 is 22.8 Å². The van der Waals surface area contributed by atoms with Gasteiger partial charge in [-0.1, -0.05) is 19.1 Å². The summed E-state index contributed by atoms with van der Waals surface area (Å²) in [5.41, 5.74) is 5.35. The van der Waals surface area contributed by atoms with E-state index in [1.807, 2.05) is 17.0 Å². The summed E-state index contributed by atoms with van der Waals surface area (Å²) in [6.07, 6.45) is 7.06. The Morgan fingerprint density at radius 2 is 2.03 bits per heavy atom. The third-order valence-corrected chi connectivity index (χ3v) is 6.91. The van der Waals surface area contributed by atoms with Crippen molar-refractivity contribution < 1.29 is 9.18 Å². The second-order valence-electron chi connectivity index (χ2n) is 7.74. The van der Waals surface area contributed by atoms with Crippen LogP contribution < -0.4 is 0 Å². The summed E-state index contributed by atoms with van der Waals surface area (Å²) < 4.78 is 13.6. The van der Waals surface area contributed by atoms with Gasteiger partial charge in [-0.3, -0.25) is 4.79 Å². The van der Waals surface area contributed by atoms with Crippen molar-refractivity contribution in [2.45, 2.75) is 33.1 Å². The number of hydrogen-bond donors (Lipinski definition) is 0. The van der Waals surface area contributed by atoms with Crippen LogP contribution in [-0.2, 0) is 17.6 Å². The van der Waals surface area contributed by atoms with Gasteiger partial charge in [-0.05, 0) is 78.1 Å². The van der Waals surface area contributed by atoms with Crippen molar-refractivity contribution in [1.82, 2.24) is 9.80 Å². The summed E-state index contributed by atoms with van der Waals surface area (Å²) in [6.45, 7) is 6.64. The van der Waals surface area contributed by atoms with Gasteiger partial charge >= 0.3 is 0 Å². The van der Waals surface area contributed by atoms with E-state index < -0.39 is 0 Å². The second-order valence-corrected chi connectivity index (χ2v) is 8.74. The minimum absolute atomic E-state index is 0.177. The molecule has 0 atom stereocenters. The standard InChI is InChI=1S/C24H27FN2OS/c1-3-21-15-20(19-4-5-22(25)17(2)14-19)7-11-27(21)16-24(28)26-10-6-18-9-13-29-23(18)8-12-26/h4-5,7,9,13-15H,3,6,8,10-12,16H2,1-2H3. The first-order chi connectivity index (χ1) is 14.0. The van der Waals surface area contributed by atoms with Crippen molar-refractivity contribution in [2.24, 2.45) is 0 Å². The number of hydrogen-bond acceptors (Lipinski definition) is 3. The molecule has 152 valence electrons. The molecule has 3 heterocycles. The number of allylic oxidation sites excluding steroid dienone is 3. The van der Waals surface area contributed by atoms with E-state index in [9.17, 15) is 9.18 Å². The largest absolute Gasteiger partial charge is 0.362 e. The zero-order valence-corrected chi connectivity index (χ0v) is 17.9. The number of rotatable bonds is 4. The van der Waals surface area contributed by atoms with Gasteiger partial charge in [0, 0.05) is 30.2 Å². The fraction of sp³-hybridized carbons (Fsp3) is 0.375.